The molecule has 1 aromatic carbocycles. The van der Waals surface area contributed by atoms with Gasteiger partial charge in [-0.1, -0.05) is 19.9 Å². The summed E-state index contributed by atoms with van der Waals surface area (Å²) in [6.45, 7) is 6.44. The average Bonchev–Trinajstić information content (AvgIpc) is 2.47. The van der Waals surface area contributed by atoms with Gasteiger partial charge in [0.1, 0.15) is 0 Å². The Hall–Kier alpha value is -1.75. The monoisotopic (exact) mass is 294 g/mol. The second-order valence-corrected chi connectivity index (χ2v) is 5.28. The molecule has 118 valence electrons. The van der Waals surface area contributed by atoms with E-state index in [0.717, 1.165) is 18.7 Å². The minimum Gasteiger partial charge on any atom is -0.493 e. The first-order valence-electron chi connectivity index (χ1n) is 7.27. The highest BCUT2D eigenvalue weighted by Crippen LogP contribution is 2.28. The van der Waals surface area contributed by atoms with Gasteiger partial charge in [0.25, 0.3) is 0 Å². The summed E-state index contributed by atoms with van der Waals surface area (Å²) in [5.41, 5.74) is 1.13. The molecule has 5 heteroatoms. The zero-order valence-corrected chi connectivity index (χ0v) is 13.4. The van der Waals surface area contributed by atoms with Crippen LogP contribution in [0.15, 0.2) is 18.2 Å². The fourth-order valence-electron chi connectivity index (χ4n) is 1.83. The molecule has 1 amide bonds. The molecule has 0 saturated carbocycles. The molecule has 0 radical (unpaired) electrons. The number of amides is 1. The van der Waals surface area contributed by atoms with Gasteiger partial charge < -0.3 is 20.1 Å². The number of nitrogens with one attached hydrogen (secondary N) is 2. The van der Waals surface area contributed by atoms with Gasteiger partial charge in [0, 0.05) is 13.6 Å². The van der Waals surface area contributed by atoms with Crippen LogP contribution in [0, 0.1) is 5.92 Å². The second kappa shape index (κ2) is 9.23. The van der Waals surface area contributed by atoms with Crippen LogP contribution in [0.5, 0.6) is 11.5 Å². The molecular formula is C16H26N2O3. The van der Waals surface area contributed by atoms with Gasteiger partial charge >= 0.3 is 0 Å². The Labute approximate surface area is 127 Å². The Morgan fingerprint density at radius 1 is 1.29 bits per heavy atom. The van der Waals surface area contributed by atoms with Crippen molar-refractivity contribution >= 4 is 5.91 Å². The van der Waals surface area contributed by atoms with Crippen molar-refractivity contribution in [1.29, 1.82) is 0 Å². The molecule has 0 saturated heterocycles. The maximum atomic E-state index is 11.2. The highest BCUT2D eigenvalue weighted by atomic mass is 16.5. The SMILES string of the molecule is CNC(=O)CCOc1cc(CNCC(C)C)ccc1OC. The maximum absolute atomic E-state index is 11.2. The van der Waals surface area contributed by atoms with Gasteiger partial charge in [-0.2, -0.15) is 0 Å². The molecule has 21 heavy (non-hydrogen) atoms. The number of hydrogen-bond acceptors (Lipinski definition) is 4. The Kier molecular flexibility index (Phi) is 7.61. The lowest BCUT2D eigenvalue weighted by molar-refractivity contribution is -0.121. The van der Waals surface area contributed by atoms with Crippen molar-refractivity contribution in [3.05, 3.63) is 23.8 Å². The van der Waals surface area contributed by atoms with Gasteiger partial charge in [0.2, 0.25) is 5.91 Å². The zero-order valence-electron chi connectivity index (χ0n) is 13.4. The molecule has 0 aliphatic rings. The standard InChI is InChI=1S/C16H26N2O3/c1-12(2)10-18-11-13-5-6-14(20-4)15(9-13)21-8-7-16(19)17-3/h5-6,9,12,18H,7-8,10-11H2,1-4H3,(H,17,19). The summed E-state index contributed by atoms with van der Waals surface area (Å²) in [6.07, 6.45) is 0.329. The van der Waals surface area contributed by atoms with Gasteiger partial charge in [0.15, 0.2) is 11.5 Å². The minimum atomic E-state index is -0.0382. The van der Waals surface area contributed by atoms with Crippen LogP contribution in [0.3, 0.4) is 0 Å². The molecular weight excluding hydrogens is 268 g/mol. The second-order valence-electron chi connectivity index (χ2n) is 5.28. The van der Waals surface area contributed by atoms with E-state index in [4.69, 9.17) is 9.47 Å². The first-order chi connectivity index (χ1) is 10.1. The summed E-state index contributed by atoms with van der Waals surface area (Å²) in [7, 11) is 3.22. The molecule has 0 heterocycles. The third-order valence-corrected chi connectivity index (χ3v) is 2.98. The number of ether oxygens (including phenoxy) is 2. The summed E-state index contributed by atoms with van der Waals surface area (Å²) in [5, 5.41) is 5.96. The molecule has 0 aliphatic carbocycles. The van der Waals surface area contributed by atoms with E-state index in [-0.39, 0.29) is 5.91 Å². The van der Waals surface area contributed by atoms with Crippen molar-refractivity contribution in [2.75, 3.05) is 27.3 Å². The molecule has 1 rings (SSSR count). The number of benzene rings is 1. The predicted molar refractivity (Wildman–Crippen MR) is 83.7 cm³/mol. The largest absolute Gasteiger partial charge is 0.493 e. The van der Waals surface area contributed by atoms with E-state index < -0.39 is 0 Å². The Bertz CT molecular complexity index is 447. The third-order valence-electron chi connectivity index (χ3n) is 2.98. The van der Waals surface area contributed by atoms with Gasteiger partial charge in [-0.05, 0) is 30.2 Å². The molecule has 0 aromatic heterocycles. The van der Waals surface area contributed by atoms with Gasteiger partial charge in [-0.3, -0.25) is 4.79 Å². The zero-order chi connectivity index (χ0) is 15.7. The van der Waals surface area contributed by atoms with Crippen LogP contribution < -0.4 is 20.1 Å². The highest BCUT2D eigenvalue weighted by Gasteiger charge is 2.07. The third kappa shape index (κ3) is 6.49. The first-order valence-corrected chi connectivity index (χ1v) is 7.27. The molecule has 0 aliphatic heterocycles. The summed E-state index contributed by atoms with van der Waals surface area (Å²) >= 11 is 0. The first kappa shape index (κ1) is 17.3. The Morgan fingerprint density at radius 2 is 2.05 bits per heavy atom. The number of methoxy groups -OCH3 is 1. The number of carbonyl (C=O) groups is 1. The normalized spacial score (nSPS) is 10.5. The fourth-order valence-corrected chi connectivity index (χ4v) is 1.83. The number of carbonyl (C=O) groups excluding carboxylic acids is 1. The van der Waals surface area contributed by atoms with Crippen molar-refractivity contribution in [3.8, 4) is 11.5 Å². The number of hydrogen-bond donors (Lipinski definition) is 2. The molecule has 0 unspecified atom stereocenters. The van der Waals surface area contributed by atoms with Crippen molar-refractivity contribution in [2.45, 2.75) is 26.8 Å². The summed E-state index contributed by atoms with van der Waals surface area (Å²) in [6, 6.07) is 5.86. The van der Waals surface area contributed by atoms with E-state index in [1.807, 2.05) is 18.2 Å². The van der Waals surface area contributed by atoms with Crippen molar-refractivity contribution < 1.29 is 14.3 Å². The van der Waals surface area contributed by atoms with Crippen LogP contribution in [0.1, 0.15) is 25.8 Å². The van der Waals surface area contributed by atoms with E-state index >= 15 is 0 Å². The maximum Gasteiger partial charge on any atom is 0.223 e. The fraction of sp³-hybridized carbons (Fsp3) is 0.562. The molecule has 0 atom stereocenters. The predicted octanol–water partition coefficient (Wildman–Crippen LogP) is 1.96. The van der Waals surface area contributed by atoms with E-state index in [9.17, 15) is 4.79 Å². The number of rotatable bonds is 9. The summed E-state index contributed by atoms with van der Waals surface area (Å²) in [5.74, 6) is 1.93. The van der Waals surface area contributed by atoms with Crippen LogP contribution in [-0.4, -0.2) is 33.2 Å². The minimum absolute atomic E-state index is 0.0382. The van der Waals surface area contributed by atoms with Gasteiger partial charge in [0.05, 0.1) is 20.1 Å². The van der Waals surface area contributed by atoms with Crippen LogP contribution >= 0.6 is 0 Å². The van der Waals surface area contributed by atoms with Crippen LogP contribution in [0.25, 0.3) is 0 Å². The van der Waals surface area contributed by atoms with Gasteiger partial charge in [-0.15, -0.1) is 0 Å². The quantitative estimate of drug-likeness (QED) is 0.731. The molecule has 0 spiro atoms. The highest BCUT2D eigenvalue weighted by molar-refractivity contribution is 5.75. The average molecular weight is 294 g/mol. The molecule has 1 aromatic rings. The smallest absolute Gasteiger partial charge is 0.223 e. The Morgan fingerprint density at radius 3 is 2.67 bits per heavy atom. The van der Waals surface area contributed by atoms with E-state index in [1.54, 1.807) is 14.2 Å². The Balaban J connectivity index is 2.60. The molecule has 0 fully saturated rings. The van der Waals surface area contributed by atoms with Crippen LogP contribution in [-0.2, 0) is 11.3 Å². The summed E-state index contributed by atoms with van der Waals surface area (Å²) < 4.78 is 10.9. The molecule has 0 bridgehead atoms. The lowest BCUT2D eigenvalue weighted by Gasteiger charge is -2.13. The molecule has 5 nitrogen and oxygen atoms in total. The van der Waals surface area contributed by atoms with E-state index in [2.05, 4.69) is 24.5 Å². The van der Waals surface area contributed by atoms with Crippen LogP contribution in [0.4, 0.5) is 0 Å². The van der Waals surface area contributed by atoms with E-state index in [0.29, 0.717) is 30.4 Å². The lowest BCUT2D eigenvalue weighted by atomic mass is 10.2. The van der Waals surface area contributed by atoms with Gasteiger partial charge in [-0.25, -0.2) is 0 Å². The summed E-state index contributed by atoms with van der Waals surface area (Å²) in [4.78, 5) is 11.2. The molecule has 2 N–H and O–H groups in total. The van der Waals surface area contributed by atoms with E-state index in [1.165, 1.54) is 0 Å². The lowest BCUT2D eigenvalue weighted by Crippen LogP contribution is -2.20. The topological polar surface area (TPSA) is 59.6 Å². The van der Waals surface area contributed by atoms with Crippen molar-refractivity contribution in [1.82, 2.24) is 10.6 Å². The van der Waals surface area contributed by atoms with Crippen LogP contribution in [0.2, 0.25) is 0 Å². The van der Waals surface area contributed by atoms with Crippen molar-refractivity contribution in [2.24, 2.45) is 5.92 Å². The van der Waals surface area contributed by atoms with Crippen molar-refractivity contribution in [3.63, 3.8) is 0 Å².